The maximum Gasteiger partial charge on any atom is 0.344 e. The Labute approximate surface area is 115 Å². The number of benzene rings is 1. The highest BCUT2D eigenvalue weighted by Crippen LogP contribution is 2.35. The Morgan fingerprint density at radius 3 is 2.55 bits per heavy atom. The van der Waals surface area contributed by atoms with Crippen LogP contribution in [-0.2, 0) is 11.3 Å². The number of hydrogen-bond donors (Lipinski definition) is 2. The molecule has 0 aliphatic heterocycles. The van der Waals surface area contributed by atoms with Crippen molar-refractivity contribution in [1.82, 2.24) is 0 Å². The van der Waals surface area contributed by atoms with Crippen LogP contribution >= 0.6 is 0 Å². The van der Waals surface area contributed by atoms with Crippen LogP contribution in [0.25, 0.3) is 0 Å². The van der Waals surface area contributed by atoms with E-state index in [4.69, 9.17) is 20.3 Å². The first-order chi connectivity index (χ1) is 9.44. The van der Waals surface area contributed by atoms with Gasteiger partial charge in [0.25, 0.3) is 5.69 Å². The summed E-state index contributed by atoms with van der Waals surface area (Å²) in [6.07, 6.45) is -0.891. The quantitative estimate of drug-likeness (QED) is 0.571. The van der Waals surface area contributed by atoms with Crippen molar-refractivity contribution in [3.63, 3.8) is 0 Å². The van der Waals surface area contributed by atoms with Crippen LogP contribution in [0.3, 0.4) is 0 Å². The highest BCUT2D eigenvalue weighted by atomic mass is 16.6. The van der Waals surface area contributed by atoms with Crippen molar-refractivity contribution in [2.24, 2.45) is 5.73 Å². The van der Waals surface area contributed by atoms with Gasteiger partial charge in [-0.2, -0.15) is 0 Å². The number of ether oxygens (including phenoxy) is 2. The summed E-state index contributed by atoms with van der Waals surface area (Å²) >= 11 is 0. The molecule has 0 spiro atoms. The van der Waals surface area contributed by atoms with Crippen LogP contribution in [-0.4, -0.2) is 29.2 Å². The average Bonchev–Trinajstić information content (AvgIpc) is 2.43. The van der Waals surface area contributed by atoms with E-state index in [1.165, 1.54) is 13.2 Å². The van der Waals surface area contributed by atoms with Gasteiger partial charge in [0.1, 0.15) is 0 Å². The summed E-state index contributed by atoms with van der Waals surface area (Å²) in [5.41, 5.74) is 5.49. The van der Waals surface area contributed by atoms with E-state index >= 15 is 0 Å². The van der Waals surface area contributed by atoms with Gasteiger partial charge in [-0.1, -0.05) is 6.92 Å². The van der Waals surface area contributed by atoms with E-state index in [2.05, 4.69) is 0 Å². The van der Waals surface area contributed by atoms with Crippen molar-refractivity contribution in [2.45, 2.75) is 26.0 Å². The Kier molecular flexibility index (Phi) is 5.27. The minimum atomic E-state index is -1.15. The molecule has 0 aliphatic rings. The van der Waals surface area contributed by atoms with Crippen LogP contribution in [0, 0.1) is 10.1 Å². The molecule has 110 valence electrons. The molecule has 3 N–H and O–H groups in total. The van der Waals surface area contributed by atoms with Gasteiger partial charge in [-0.25, -0.2) is 4.79 Å². The lowest BCUT2D eigenvalue weighted by atomic mass is 10.1. The number of nitro benzene ring substituents is 1. The van der Waals surface area contributed by atoms with Gasteiger partial charge in [-0.05, 0) is 12.5 Å². The van der Waals surface area contributed by atoms with E-state index in [1.54, 1.807) is 6.92 Å². The number of methoxy groups -OCH3 is 1. The summed E-state index contributed by atoms with van der Waals surface area (Å²) in [4.78, 5) is 21.3. The zero-order valence-electron chi connectivity index (χ0n) is 11.2. The Balaban J connectivity index is 3.26. The summed E-state index contributed by atoms with van der Waals surface area (Å²) in [6, 6.07) is 2.51. The minimum absolute atomic E-state index is 0.00523. The van der Waals surface area contributed by atoms with Gasteiger partial charge in [-0.15, -0.1) is 0 Å². The normalized spacial score (nSPS) is 11.8. The third-order valence-corrected chi connectivity index (χ3v) is 2.70. The zero-order valence-corrected chi connectivity index (χ0v) is 11.2. The molecule has 0 heterocycles. The molecule has 0 bridgehead atoms. The molecular formula is C12H16N2O6. The molecule has 1 aromatic carbocycles. The first-order valence-electron chi connectivity index (χ1n) is 5.89. The Morgan fingerprint density at radius 1 is 1.50 bits per heavy atom. The lowest BCUT2D eigenvalue weighted by Crippen LogP contribution is -2.26. The van der Waals surface area contributed by atoms with Crippen LogP contribution in [0.5, 0.6) is 11.5 Å². The van der Waals surface area contributed by atoms with Crippen molar-refractivity contribution in [3.8, 4) is 11.5 Å². The molecule has 0 saturated carbocycles. The van der Waals surface area contributed by atoms with Gasteiger partial charge in [0.2, 0.25) is 0 Å². The Hall–Kier alpha value is -2.35. The molecule has 0 aromatic heterocycles. The average molecular weight is 284 g/mol. The smallest absolute Gasteiger partial charge is 0.344 e. The largest absolute Gasteiger partial charge is 0.493 e. The molecule has 8 heteroatoms. The standard InChI is InChI=1S/C12H16N2O6/c1-3-9(12(15)16)20-11-5-8(14(17)18)7(6-13)4-10(11)19-2/h4-5,9H,3,6,13H2,1-2H3,(H,15,16). The van der Waals surface area contributed by atoms with Crippen molar-refractivity contribution in [2.75, 3.05) is 7.11 Å². The number of aliphatic carboxylic acids is 1. The van der Waals surface area contributed by atoms with E-state index in [0.717, 1.165) is 6.07 Å². The van der Waals surface area contributed by atoms with E-state index < -0.39 is 17.0 Å². The fourth-order valence-electron chi connectivity index (χ4n) is 1.64. The number of rotatable bonds is 7. The third kappa shape index (κ3) is 3.35. The van der Waals surface area contributed by atoms with E-state index in [-0.39, 0.29) is 35.7 Å². The fourth-order valence-corrected chi connectivity index (χ4v) is 1.64. The number of nitrogens with two attached hydrogens (primary N) is 1. The van der Waals surface area contributed by atoms with Gasteiger partial charge in [0.05, 0.1) is 18.1 Å². The SMILES string of the molecule is CCC(Oc1cc([N+](=O)[O-])c(CN)cc1OC)C(=O)O. The number of carbonyl (C=O) groups is 1. The van der Waals surface area contributed by atoms with Crippen molar-refractivity contribution >= 4 is 11.7 Å². The molecule has 1 atom stereocenters. The van der Waals surface area contributed by atoms with Crippen molar-refractivity contribution < 1.29 is 24.3 Å². The first-order valence-corrected chi connectivity index (χ1v) is 5.89. The topological polar surface area (TPSA) is 125 Å². The number of nitrogens with zero attached hydrogens (tertiary/aromatic N) is 1. The number of carboxylic acid groups (broad SMARTS) is 1. The molecule has 0 saturated heterocycles. The predicted octanol–water partition coefficient (Wildman–Crippen LogP) is 1.30. The van der Waals surface area contributed by atoms with Crippen LogP contribution < -0.4 is 15.2 Å². The summed E-state index contributed by atoms with van der Waals surface area (Å²) in [5.74, 6) is -0.943. The van der Waals surface area contributed by atoms with Crippen LogP contribution in [0.2, 0.25) is 0 Å². The number of hydrogen-bond acceptors (Lipinski definition) is 6. The maximum absolute atomic E-state index is 11.0. The van der Waals surface area contributed by atoms with Gasteiger partial charge in [0.15, 0.2) is 17.6 Å². The molecule has 0 aliphatic carbocycles. The lowest BCUT2D eigenvalue weighted by molar-refractivity contribution is -0.385. The molecule has 8 nitrogen and oxygen atoms in total. The summed E-state index contributed by atoms with van der Waals surface area (Å²) in [5, 5.41) is 19.9. The molecule has 0 amide bonds. The van der Waals surface area contributed by atoms with Crippen molar-refractivity contribution in [3.05, 3.63) is 27.8 Å². The number of nitro groups is 1. The van der Waals surface area contributed by atoms with E-state index in [0.29, 0.717) is 0 Å². The highest BCUT2D eigenvalue weighted by Gasteiger charge is 2.23. The van der Waals surface area contributed by atoms with E-state index in [1.807, 2.05) is 0 Å². The van der Waals surface area contributed by atoms with Gasteiger partial charge in [-0.3, -0.25) is 10.1 Å². The molecule has 0 radical (unpaired) electrons. The van der Waals surface area contributed by atoms with Crippen LogP contribution in [0.15, 0.2) is 12.1 Å². The van der Waals surface area contributed by atoms with Gasteiger partial charge >= 0.3 is 5.97 Å². The first kappa shape index (κ1) is 15.7. The molecule has 1 rings (SSSR count). The molecule has 1 unspecified atom stereocenters. The number of carboxylic acids is 1. The highest BCUT2D eigenvalue weighted by molar-refractivity contribution is 5.73. The molecule has 1 aromatic rings. The van der Waals surface area contributed by atoms with Crippen molar-refractivity contribution in [1.29, 1.82) is 0 Å². The summed E-state index contributed by atoms with van der Waals surface area (Å²) in [7, 11) is 1.36. The fraction of sp³-hybridized carbons (Fsp3) is 0.417. The second-order valence-corrected chi connectivity index (χ2v) is 3.95. The van der Waals surface area contributed by atoms with E-state index in [9.17, 15) is 14.9 Å². The monoisotopic (exact) mass is 284 g/mol. The molecule has 0 fully saturated rings. The Bertz CT molecular complexity index is 517. The minimum Gasteiger partial charge on any atom is -0.493 e. The molecular weight excluding hydrogens is 268 g/mol. The lowest BCUT2D eigenvalue weighted by Gasteiger charge is -2.16. The van der Waals surface area contributed by atoms with Crippen LogP contribution in [0.4, 0.5) is 5.69 Å². The Morgan fingerprint density at radius 2 is 2.15 bits per heavy atom. The van der Waals surface area contributed by atoms with Crippen LogP contribution in [0.1, 0.15) is 18.9 Å². The predicted molar refractivity (Wildman–Crippen MR) is 69.9 cm³/mol. The maximum atomic E-state index is 11.0. The second kappa shape index (κ2) is 6.71. The van der Waals surface area contributed by atoms with Gasteiger partial charge in [0, 0.05) is 12.1 Å². The van der Waals surface area contributed by atoms with Gasteiger partial charge < -0.3 is 20.3 Å². The third-order valence-electron chi connectivity index (χ3n) is 2.70. The second-order valence-electron chi connectivity index (χ2n) is 3.95. The zero-order chi connectivity index (χ0) is 15.3. The summed E-state index contributed by atoms with van der Waals surface area (Å²) < 4.78 is 10.3. The summed E-state index contributed by atoms with van der Waals surface area (Å²) in [6.45, 7) is 1.59. The molecule has 20 heavy (non-hydrogen) atoms.